The molecule has 0 aliphatic rings. The molecule has 0 atom stereocenters. The quantitative estimate of drug-likeness (QED) is 0.215. The summed E-state index contributed by atoms with van der Waals surface area (Å²) in [6.45, 7) is 4.28. The number of hydrogen-bond acceptors (Lipinski definition) is 3. The monoisotopic (exact) mass is 462 g/mol. The Labute approximate surface area is 197 Å². The van der Waals surface area contributed by atoms with Crippen molar-refractivity contribution in [1.82, 2.24) is 4.57 Å². The number of oxime groups is 1. The fourth-order valence-electron chi connectivity index (χ4n) is 3.73. The summed E-state index contributed by atoms with van der Waals surface area (Å²) in [6.07, 6.45) is 0. The first kappa shape index (κ1) is 22.6. The van der Waals surface area contributed by atoms with Crippen LogP contribution < -0.4 is 4.74 Å². The third-order valence-corrected chi connectivity index (χ3v) is 5.67. The first-order valence-corrected chi connectivity index (χ1v) is 10.9. The lowest BCUT2D eigenvalue weighted by Crippen LogP contribution is -2.02. The standard InChI is InChI=1S/C27H24ClFN2O2/c1-18(30-33-17-20-7-13-25(32-3)14-8-20)26-16-27(21-9-11-23(29)12-10-21)31(19(26)2)24-6-4-5-22(28)15-24/h4-16H,17H2,1-3H3/b30-18-. The summed E-state index contributed by atoms with van der Waals surface area (Å²) in [6, 6.07) is 23.8. The molecule has 0 spiro atoms. The fourth-order valence-corrected chi connectivity index (χ4v) is 3.91. The maximum atomic E-state index is 13.5. The lowest BCUT2D eigenvalue weighted by Gasteiger charge is -2.13. The van der Waals surface area contributed by atoms with Gasteiger partial charge in [0.15, 0.2) is 0 Å². The van der Waals surface area contributed by atoms with Crippen molar-refractivity contribution in [2.75, 3.05) is 7.11 Å². The van der Waals surface area contributed by atoms with Gasteiger partial charge in [-0.25, -0.2) is 4.39 Å². The Hall–Kier alpha value is -3.57. The smallest absolute Gasteiger partial charge is 0.142 e. The third-order valence-electron chi connectivity index (χ3n) is 5.44. The lowest BCUT2D eigenvalue weighted by atomic mass is 10.1. The number of rotatable bonds is 7. The number of ether oxygens (including phenoxy) is 1. The van der Waals surface area contributed by atoms with Gasteiger partial charge in [0.05, 0.1) is 18.5 Å². The zero-order valence-electron chi connectivity index (χ0n) is 18.7. The van der Waals surface area contributed by atoms with Crippen LogP contribution in [0.3, 0.4) is 0 Å². The molecule has 0 aliphatic heterocycles. The summed E-state index contributed by atoms with van der Waals surface area (Å²) in [4.78, 5) is 5.63. The maximum Gasteiger partial charge on any atom is 0.142 e. The van der Waals surface area contributed by atoms with E-state index in [0.717, 1.165) is 45.2 Å². The molecule has 0 aliphatic carbocycles. The van der Waals surface area contributed by atoms with Crippen LogP contribution >= 0.6 is 11.6 Å². The van der Waals surface area contributed by atoms with Gasteiger partial charge in [-0.1, -0.05) is 35.0 Å². The summed E-state index contributed by atoms with van der Waals surface area (Å²) in [5.41, 5.74) is 6.36. The summed E-state index contributed by atoms with van der Waals surface area (Å²) in [5, 5.41) is 4.99. The number of nitrogens with zero attached hydrogens (tertiary/aromatic N) is 2. The molecule has 0 bridgehead atoms. The van der Waals surface area contributed by atoms with E-state index in [1.807, 2.05) is 68.4 Å². The van der Waals surface area contributed by atoms with E-state index in [0.29, 0.717) is 11.6 Å². The van der Waals surface area contributed by atoms with Gasteiger partial charge < -0.3 is 14.1 Å². The van der Waals surface area contributed by atoms with Gasteiger partial charge >= 0.3 is 0 Å². The van der Waals surface area contributed by atoms with Crippen LogP contribution in [0.1, 0.15) is 23.7 Å². The summed E-state index contributed by atoms with van der Waals surface area (Å²) in [5.74, 6) is 0.519. The lowest BCUT2D eigenvalue weighted by molar-refractivity contribution is 0.130. The zero-order chi connectivity index (χ0) is 23.4. The number of halogens is 2. The van der Waals surface area contributed by atoms with Gasteiger partial charge in [-0.3, -0.25) is 0 Å². The molecular formula is C27H24ClFN2O2. The van der Waals surface area contributed by atoms with Crippen molar-refractivity contribution in [3.05, 3.63) is 107 Å². The first-order chi connectivity index (χ1) is 16.0. The molecule has 6 heteroatoms. The molecule has 4 aromatic rings. The molecule has 0 saturated heterocycles. The van der Waals surface area contributed by atoms with Crippen LogP contribution in [-0.4, -0.2) is 17.4 Å². The van der Waals surface area contributed by atoms with Crippen LogP contribution in [0.25, 0.3) is 16.9 Å². The molecule has 4 rings (SSSR count). The molecule has 1 heterocycles. The second-order valence-electron chi connectivity index (χ2n) is 7.65. The molecular weight excluding hydrogens is 439 g/mol. The predicted octanol–water partition coefficient (Wildman–Crippen LogP) is 7.19. The van der Waals surface area contributed by atoms with E-state index in [1.54, 1.807) is 19.2 Å². The Bertz CT molecular complexity index is 1280. The molecule has 1 aromatic heterocycles. The Morgan fingerprint density at radius 1 is 1.00 bits per heavy atom. The molecule has 33 heavy (non-hydrogen) atoms. The Kier molecular flexibility index (Phi) is 6.80. The van der Waals surface area contributed by atoms with Crippen LogP contribution in [0.2, 0.25) is 5.02 Å². The summed E-state index contributed by atoms with van der Waals surface area (Å²) >= 11 is 6.27. The van der Waals surface area contributed by atoms with Gasteiger partial charge in [0.1, 0.15) is 18.2 Å². The highest BCUT2D eigenvalue weighted by molar-refractivity contribution is 6.30. The van der Waals surface area contributed by atoms with Crippen LogP contribution in [0.15, 0.2) is 84.0 Å². The normalized spacial score (nSPS) is 11.5. The van der Waals surface area contributed by atoms with E-state index in [2.05, 4.69) is 9.72 Å². The van der Waals surface area contributed by atoms with Crippen molar-refractivity contribution in [1.29, 1.82) is 0 Å². The molecule has 4 nitrogen and oxygen atoms in total. The van der Waals surface area contributed by atoms with E-state index in [9.17, 15) is 4.39 Å². The first-order valence-electron chi connectivity index (χ1n) is 10.5. The minimum Gasteiger partial charge on any atom is -0.497 e. The third kappa shape index (κ3) is 5.10. The Balaban J connectivity index is 1.68. The summed E-state index contributed by atoms with van der Waals surface area (Å²) < 4.78 is 20.8. The van der Waals surface area contributed by atoms with Crippen molar-refractivity contribution in [2.45, 2.75) is 20.5 Å². The topological polar surface area (TPSA) is 35.8 Å². The molecule has 0 saturated carbocycles. The molecule has 0 fully saturated rings. The average Bonchev–Trinajstić information content (AvgIpc) is 3.17. The van der Waals surface area contributed by atoms with E-state index in [4.69, 9.17) is 21.2 Å². The largest absolute Gasteiger partial charge is 0.497 e. The predicted molar refractivity (Wildman–Crippen MR) is 131 cm³/mol. The SMILES string of the molecule is COc1ccc(CO/N=C(/C)c2cc(-c3ccc(F)cc3)n(-c3cccc(Cl)c3)c2C)cc1. The van der Waals surface area contributed by atoms with Crippen LogP contribution in [0.5, 0.6) is 5.75 Å². The van der Waals surface area contributed by atoms with Crippen LogP contribution in [-0.2, 0) is 11.4 Å². The second-order valence-corrected chi connectivity index (χ2v) is 8.09. The highest BCUT2D eigenvalue weighted by Gasteiger charge is 2.17. The number of aromatic nitrogens is 1. The van der Waals surface area contributed by atoms with Crippen molar-refractivity contribution >= 4 is 17.3 Å². The molecule has 168 valence electrons. The van der Waals surface area contributed by atoms with Crippen molar-refractivity contribution < 1.29 is 14.0 Å². The highest BCUT2D eigenvalue weighted by atomic mass is 35.5. The number of hydrogen-bond donors (Lipinski definition) is 0. The van der Waals surface area contributed by atoms with Gasteiger partial charge in [0.25, 0.3) is 0 Å². The minimum atomic E-state index is -0.277. The summed E-state index contributed by atoms with van der Waals surface area (Å²) in [7, 11) is 1.64. The van der Waals surface area contributed by atoms with E-state index in [-0.39, 0.29) is 5.82 Å². The van der Waals surface area contributed by atoms with Crippen molar-refractivity contribution in [3.8, 4) is 22.7 Å². The number of methoxy groups -OCH3 is 1. The van der Waals surface area contributed by atoms with E-state index >= 15 is 0 Å². The zero-order valence-corrected chi connectivity index (χ0v) is 19.4. The Morgan fingerprint density at radius 2 is 1.73 bits per heavy atom. The highest BCUT2D eigenvalue weighted by Crippen LogP contribution is 2.31. The van der Waals surface area contributed by atoms with Crippen LogP contribution in [0.4, 0.5) is 4.39 Å². The van der Waals surface area contributed by atoms with Crippen LogP contribution in [0, 0.1) is 12.7 Å². The van der Waals surface area contributed by atoms with Crippen molar-refractivity contribution in [3.63, 3.8) is 0 Å². The second kappa shape index (κ2) is 9.92. The minimum absolute atomic E-state index is 0.277. The molecule has 0 unspecified atom stereocenters. The molecule has 0 amide bonds. The maximum absolute atomic E-state index is 13.5. The van der Waals surface area contributed by atoms with Gasteiger partial charge in [-0.05, 0) is 85.6 Å². The van der Waals surface area contributed by atoms with Crippen molar-refractivity contribution in [2.24, 2.45) is 5.16 Å². The van der Waals surface area contributed by atoms with Gasteiger partial charge in [0, 0.05) is 22.0 Å². The fraction of sp³-hybridized carbons (Fsp3) is 0.148. The van der Waals surface area contributed by atoms with Gasteiger partial charge in [0.2, 0.25) is 0 Å². The number of benzene rings is 3. The van der Waals surface area contributed by atoms with Gasteiger partial charge in [-0.15, -0.1) is 0 Å². The average molecular weight is 463 g/mol. The molecule has 0 N–H and O–H groups in total. The van der Waals surface area contributed by atoms with Gasteiger partial charge in [-0.2, -0.15) is 0 Å². The van der Waals surface area contributed by atoms with E-state index in [1.165, 1.54) is 12.1 Å². The van der Waals surface area contributed by atoms with E-state index < -0.39 is 0 Å². The Morgan fingerprint density at radius 3 is 2.39 bits per heavy atom. The molecule has 0 radical (unpaired) electrons. The molecule has 3 aromatic carbocycles.